The zero-order valence-electron chi connectivity index (χ0n) is 13.9. The van der Waals surface area contributed by atoms with E-state index in [1.807, 2.05) is 18.2 Å². The Hall–Kier alpha value is -2.24. The van der Waals surface area contributed by atoms with Gasteiger partial charge in [-0.2, -0.15) is 0 Å². The Labute approximate surface area is 156 Å². The molecule has 0 saturated carbocycles. The molecule has 0 atom stereocenters. The molecule has 7 heteroatoms. The van der Waals surface area contributed by atoms with Crippen molar-refractivity contribution in [2.45, 2.75) is 13.5 Å². The Bertz CT molecular complexity index is 781. The number of hydrogen-bond donors (Lipinski definition) is 1. The molecule has 0 aliphatic rings. The van der Waals surface area contributed by atoms with Crippen LogP contribution < -0.4 is 15.0 Å². The first-order valence-electron chi connectivity index (χ1n) is 7.54. The number of methoxy groups -OCH3 is 1. The SMILES string of the molecule is COc1ccc(Cl)cc1N(CC(=O)NCc1ccccc1Cl)C(C)=O. The zero-order valence-corrected chi connectivity index (χ0v) is 15.4. The minimum Gasteiger partial charge on any atom is -0.495 e. The summed E-state index contributed by atoms with van der Waals surface area (Å²) < 4.78 is 5.26. The van der Waals surface area contributed by atoms with Gasteiger partial charge in [-0.05, 0) is 29.8 Å². The number of halogens is 2. The molecular formula is C18H18Cl2N2O3. The molecule has 0 fully saturated rings. The molecule has 0 spiro atoms. The lowest BCUT2D eigenvalue weighted by Crippen LogP contribution is -2.39. The second-order valence-corrected chi connectivity index (χ2v) is 6.13. The van der Waals surface area contributed by atoms with E-state index in [1.165, 1.54) is 18.9 Å². The number of hydrogen-bond acceptors (Lipinski definition) is 3. The molecule has 0 radical (unpaired) electrons. The highest BCUT2D eigenvalue weighted by molar-refractivity contribution is 6.31. The van der Waals surface area contributed by atoms with Crippen molar-refractivity contribution in [1.82, 2.24) is 5.32 Å². The van der Waals surface area contributed by atoms with E-state index in [2.05, 4.69) is 5.32 Å². The fourth-order valence-electron chi connectivity index (χ4n) is 2.28. The minimum absolute atomic E-state index is 0.156. The van der Waals surface area contributed by atoms with E-state index in [0.29, 0.717) is 21.5 Å². The maximum Gasteiger partial charge on any atom is 0.240 e. The molecule has 5 nitrogen and oxygen atoms in total. The van der Waals surface area contributed by atoms with Gasteiger partial charge in [-0.3, -0.25) is 14.5 Å². The molecule has 0 aromatic heterocycles. The molecule has 0 saturated heterocycles. The van der Waals surface area contributed by atoms with Gasteiger partial charge in [-0.1, -0.05) is 41.4 Å². The number of benzene rings is 2. The summed E-state index contributed by atoms with van der Waals surface area (Å²) in [5, 5.41) is 3.77. The summed E-state index contributed by atoms with van der Waals surface area (Å²) in [6.45, 7) is 1.50. The topological polar surface area (TPSA) is 58.6 Å². The van der Waals surface area contributed by atoms with Crippen LogP contribution in [0.3, 0.4) is 0 Å². The Balaban J connectivity index is 2.11. The van der Waals surface area contributed by atoms with Crippen molar-refractivity contribution in [2.24, 2.45) is 0 Å². The highest BCUT2D eigenvalue weighted by atomic mass is 35.5. The van der Waals surface area contributed by atoms with Crippen molar-refractivity contribution in [3.63, 3.8) is 0 Å². The fraction of sp³-hybridized carbons (Fsp3) is 0.222. The van der Waals surface area contributed by atoms with Crippen LogP contribution in [0.1, 0.15) is 12.5 Å². The molecule has 2 rings (SSSR count). The third kappa shape index (κ3) is 5.11. The van der Waals surface area contributed by atoms with Crippen LogP contribution in [0.5, 0.6) is 5.75 Å². The molecule has 0 aliphatic carbocycles. The third-order valence-electron chi connectivity index (χ3n) is 3.55. The van der Waals surface area contributed by atoms with E-state index in [4.69, 9.17) is 27.9 Å². The molecule has 0 unspecified atom stereocenters. The van der Waals surface area contributed by atoms with Gasteiger partial charge in [0.25, 0.3) is 0 Å². The van der Waals surface area contributed by atoms with E-state index in [-0.39, 0.29) is 24.9 Å². The van der Waals surface area contributed by atoms with E-state index in [0.717, 1.165) is 5.56 Å². The standard InChI is InChI=1S/C18H18Cl2N2O3/c1-12(23)22(16-9-14(19)7-8-17(16)25-2)11-18(24)21-10-13-5-3-4-6-15(13)20/h3-9H,10-11H2,1-2H3,(H,21,24). The molecule has 2 aromatic carbocycles. The molecule has 0 heterocycles. The summed E-state index contributed by atoms with van der Waals surface area (Å²) in [6.07, 6.45) is 0. The minimum atomic E-state index is -0.322. The van der Waals surface area contributed by atoms with Gasteiger partial charge in [-0.25, -0.2) is 0 Å². The van der Waals surface area contributed by atoms with Gasteiger partial charge < -0.3 is 10.1 Å². The first kappa shape index (κ1) is 19.1. The fourth-order valence-corrected chi connectivity index (χ4v) is 2.64. The van der Waals surface area contributed by atoms with E-state index in [1.54, 1.807) is 24.3 Å². The Morgan fingerprint density at radius 2 is 1.88 bits per heavy atom. The molecule has 132 valence electrons. The predicted octanol–water partition coefficient (Wildman–Crippen LogP) is 3.67. The maximum atomic E-state index is 12.3. The highest BCUT2D eigenvalue weighted by Crippen LogP contribution is 2.31. The van der Waals surface area contributed by atoms with Gasteiger partial charge >= 0.3 is 0 Å². The van der Waals surface area contributed by atoms with Crippen LogP contribution in [-0.2, 0) is 16.1 Å². The Morgan fingerprint density at radius 3 is 2.52 bits per heavy atom. The molecule has 2 amide bonds. The summed E-state index contributed by atoms with van der Waals surface area (Å²) in [6, 6.07) is 12.1. The van der Waals surface area contributed by atoms with Crippen molar-refractivity contribution in [3.05, 3.63) is 58.1 Å². The molecule has 1 N–H and O–H groups in total. The van der Waals surface area contributed by atoms with Gasteiger partial charge in [-0.15, -0.1) is 0 Å². The summed E-state index contributed by atoms with van der Waals surface area (Å²) in [7, 11) is 1.49. The number of carbonyl (C=O) groups is 2. The summed E-state index contributed by atoms with van der Waals surface area (Å²) in [5.41, 5.74) is 1.24. The number of rotatable bonds is 6. The monoisotopic (exact) mass is 380 g/mol. The quantitative estimate of drug-likeness (QED) is 0.831. The van der Waals surface area contributed by atoms with Crippen LogP contribution in [0.4, 0.5) is 5.69 Å². The molecule has 0 bridgehead atoms. The number of nitrogens with one attached hydrogen (secondary N) is 1. The van der Waals surface area contributed by atoms with Gasteiger partial charge in [0.2, 0.25) is 11.8 Å². The first-order chi connectivity index (χ1) is 11.9. The van der Waals surface area contributed by atoms with Crippen LogP contribution in [0, 0.1) is 0 Å². The summed E-state index contributed by atoms with van der Waals surface area (Å²) in [5.74, 6) is -0.163. The largest absolute Gasteiger partial charge is 0.495 e. The van der Waals surface area contributed by atoms with Crippen LogP contribution in [-0.4, -0.2) is 25.5 Å². The van der Waals surface area contributed by atoms with Crippen molar-refractivity contribution in [1.29, 1.82) is 0 Å². The normalized spacial score (nSPS) is 10.2. The van der Waals surface area contributed by atoms with E-state index >= 15 is 0 Å². The van der Waals surface area contributed by atoms with E-state index in [9.17, 15) is 9.59 Å². The van der Waals surface area contributed by atoms with E-state index < -0.39 is 0 Å². The van der Waals surface area contributed by atoms with Crippen LogP contribution in [0.15, 0.2) is 42.5 Å². The zero-order chi connectivity index (χ0) is 18.4. The Kier molecular flexibility index (Phi) is 6.67. The van der Waals surface area contributed by atoms with Gasteiger partial charge in [0.05, 0.1) is 12.8 Å². The number of anilines is 1. The summed E-state index contributed by atoms with van der Waals surface area (Å²) >= 11 is 12.1. The lowest BCUT2D eigenvalue weighted by molar-refractivity contribution is -0.123. The predicted molar refractivity (Wildman–Crippen MR) is 99.3 cm³/mol. The van der Waals surface area contributed by atoms with Crippen LogP contribution in [0.2, 0.25) is 10.0 Å². The number of amides is 2. The number of ether oxygens (including phenoxy) is 1. The molecule has 2 aromatic rings. The molecule has 25 heavy (non-hydrogen) atoms. The lowest BCUT2D eigenvalue weighted by atomic mass is 10.2. The molecular weight excluding hydrogens is 363 g/mol. The van der Waals surface area contributed by atoms with Crippen LogP contribution >= 0.6 is 23.2 Å². The third-order valence-corrected chi connectivity index (χ3v) is 4.15. The second kappa shape index (κ2) is 8.74. The first-order valence-corrected chi connectivity index (χ1v) is 8.29. The second-order valence-electron chi connectivity index (χ2n) is 5.29. The number of carbonyl (C=O) groups excluding carboxylic acids is 2. The van der Waals surface area contributed by atoms with Crippen molar-refractivity contribution < 1.29 is 14.3 Å². The van der Waals surface area contributed by atoms with Crippen molar-refractivity contribution in [3.8, 4) is 5.75 Å². The van der Waals surface area contributed by atoms with Gasteiger partial charge in [0, 0.05) is 23.5 Å². The Morgan fingerprint density at radius 1 is 1.16 bits per heavy atom. The lowest BCUT2D eigenvalue weighted by Gasteiger charge is -2.23. The average molecular weight is 381 g/mol. The van der Waals surface area contributed by atoms with Crippen molar-refractivity contribution in [2.75, 3.05) is 18.6 Å². The summed E-state index contributed by atoms with van der Waals surface area (Å²) in [4.78, 5) is 25.6. The maximum absolute atomic E-state index is 12.3. The van der Waals surface area contributed by atoms with Crippen molar-refractivity contribution >= 4 is 40.7 Å². The van der Waals surface area contributed by atoms with Gasteiger partial charge in [0.1, 0.15) is 12.3 Å². The van der Waals surface area contributed by atoms with Gasteiger partial charge in [0.15, 0.2) is 0 Å². The smallest absolute Gasteiger partial charge is 0.240 e. The highest BCUT2D eigenvalue weighted by Gasteiger charge is 2.20. The average Bonchev–Trinajstić information content (AvgIpc) is 2.58. The molecule has 0 aliphatic heterocycles. The number of nitrogens with zero attached hydrogens (tertiary/aromatic N) is 1. The van der Waals surface area contributed by atoms with Crippen LogP contribution in [0.25, 0.3) is 0 Å².